The molecule has 11 heteroatoms. The third-order valence-electron chi connectivity index (χ3n) is 14.5. The number of nitrogens with zero attached hydrogens (tertiary/aromatic N) is 2. The molecule has 1 saturated heterocycles. The van der Waals surface area contributed by atoms with E-state index in [0.29, 0.717) is 38.8 Å². The number of likely N-dealkylation sites (N-methyl/N-ethyl adjacent to an activating group) is 1. The van der Waals surface area contributed by atoms with Gasteiger partial charge in [0.25, 0.3) is 0 Å². The maximum atomic E-state index is 14.3. The van der Waals surface area contributed by atoms with E-state index in [1.54, 1.807) is 14.2 Å². The zero-order chi connectivity index (χ0) is 49.6. The zero-order valence-corrected chi connectivity index (χ0v) is 43.0. The van der Waals surface area contributed by atoms with Gasteiger partial charge in [-0.15, -0.1) is 0 Å². The summed E-state index contributed by atoms with van der Waals surface area (Å²) in [6.45, 7) is 17.1. The monoisotopic (exact) mass is 930 g/mol. The van der Waals surface area contributed by atoms with Crippen LogP contribution in [0.2, 0.25) is 0 Å². The Morgan fingerprint density at radius 2 is 1.51 bits per heavy atom. The molecule has 0 aliphatic carbocycles. The molecule has 1 aliphatic rings. The maximum absolute atomic E-state index is 14.3. The molecule has 2 aromatic rings. The van der Waals surface area contributed by atoms with Crippen molar-refractivity contribution in [3.8, 4) is 0 Å². The first-order valence-corrected chi connectivity index (χ1v) is 25.3. The van der Waals surface area contributed by atoms with Gasteiger partial charge in [-0.1, -0.05) is 135 Å². The molecule has 0 spiro atoms. The molecule has 1 heterocycles. The molecule has 2 N–H and O–H groups in total. The fraction of sp³-hybridized carbons (Fsp3) is 0.661. The van der Waals surface area contributed by atoms with Crippen LogP contribution in [0.4, 0.5) is 0 Å². The largest absolute Gasteiger partial charge is 0.481 e. The smallest absolute Gasteiger partial charge is 0.303 e. The highest BCUT2D eigenvalue weighted by Gasteiger charge is 2.41. The second kappa shape index (κ2) is 29.6. The summed E-state index contributed by atoms with van der Waals surface area (Å²) in [5.74, 6) is -1.33. The van der Waals surface area contributed by atoms with Gasteiger partial charge in [-0.3, -0.25) is 28.9 Å². The number of benzene rings is 2. The first-order valence-electron chi connectivity index (χ1n) is 25.3. The number of methoxy groups -OCH3 is 2. The number of allylic oxidation sites excluding steroid dienone is 1. The Morgan fingerprint density at radius 1 is 0.851 bits per heavy atom. The van der Waals surface area contributed by atoms with Crippen molar-refractivity contribution in [2.45, 2.75) is 163 Å². The van der Waals surface area contributed by atoms with Crippen LogP contribution in [0.3, 0.4) is 0 Å². The normalized spacial score (nSPS) is 18.4. The molecule has 10 unspecified atom stereocenters. The molecule has 1 aliphatic heterocycles. The van der Waals surface area contributed by atoms with Gasteiger partial charge in [-0.2, -0.15) is 0 Å². The number of hydrogen-bond acceptors (Lipinski definition) is 8. The number of nitrogens with one attached hydrogen (secondary N) is 1. The van der Waals surface area contributed by atoms with Gasteiger partial charge in [0.2, 0.25) is 11.8 Å². The Morgan fingerprint density at radius 3 is 2.09 bits per heavy atom. The van der Waals surface area contributed by atoms with Gasteiger partial charge >= 0.3 is 5.97 Å². The summed E-state index contributed by atoms with van der Waals surface area (Å²) >= 11 is 0. The van der Waals surface area contributed by atoms with E-state index in [-0.39, 0.29) is 89.8 Å². The first kappa shape index (κ1) is 57.1. The fourth-order valence-electron chi connectivity index (χ4n) is 10.2. The quantitative estimate of drug-likeness (QED) is 0.0733. The molecule has 2 amide bonds. The molecule has 0 aromatic heterocycles. The Balaban J connectivity index is 1.65. The van der Waals surface area contributed by atoms with Crippen LogP contribution in [0.1, 0.15) is 137 Å². The van der Waals surface area contributed by atoms with Crippen molar-refractivity contribution in [2.24, 2.45) is 41.4 Å². The number of ketones is 2. The summed E-state index contributed by atoms with van der Waals surface area (Å²) in [5, 5.41) is 12.2. The lowest BCUT2D eigenvalue weighted by atomic mass is 9.79. The lowest BCUT2D eigenvalue weighted by Gasteiger charge is -2.36. The van der Waals surface area contributed by atoms with Gasteiger partial charge in [0.05, 0.1) is 36.8 Å². The summed E-state index contributed by atoms with van der Waals surface area (Å²) in [7, 11) is 5.14. The summed E-state index contributed by atoms with van der Waals surface area (Å²) in [6.07, 6.45) is 11.1. The number of likely N-dealkylation sites (tertiary alicyclic amines) is 1. The van der Waals surface area contributed by atoms with Crippen LogP contribution in [0.25, 0.3) is 6.08 Å². The standard InChI is InChI=1S/C56H87N3O8/c1-12-40(6)46(33-30-41(7)54(64)52(38(2)3)57-56(65)53(39(4)5)58(9)34-21-29-51(62)63)49(66-10)37-50(61)59-35-20-27-47(59)55(67-11)42(8)48(60)28-19-26-45(36-44-24-17-14-18-25-44)32-31-43-22-15-13-16-23-43/h13-18,22-25,31-32,38-42,45-47,49,52-53,55H,12,19-21,26-30,33-37H2,1-11H3,(H,57,65)(H,62,63). The predicted molar refractivity (Wildman–Crippen MR) is 269 cm³/mol. The second-order valence-corrected chi connectivity index (χ2v) is 20.2. The summed E-state index contributed by atoms with van der Waals surface area (Å²) in [6, 6.07) is 19.4. The van der Waals surface area contributed by atoms with Crippen molar-refractivity contribution < 1.29 is 38.6 Å². The molecule has 67 heavy (non-hydrogen) atoms. The van der Waals surface area contributed by atoms with Crippen molar-refractivity contribution in [1.82, 2.24) is 15.1 Å². The van der Waals surface area contributed by atoms with Crippen LogP contribution < -0.4 is 5.32 Å². The number of rotatable bonds is 32. The number of ether oxygens (including phenoxy) is 2. The van der Waals surface area contributed by atoms with Crippen LogP contribution in [0, 0.1) is 41.4 Å². The average molecular weight is 930 g/mol. The van der Waals surface area contributed by atoms with Crippen molar-refractivity contribution in [3.05, 3.63) is 77.9 Å². The van der Waals surface area contributed by atoms with Crippen LogP contribution in [-0.2, 0) is 39.9 Å². The average Bonchev–Trinajstić information content (AvgIpc) is 3.79. The number of hydrogen-bond donors (Lipinski definition) is 2. The number of aliphatic carboxylic acids is 1. The molecule has 2 aromatic carbocycles. The number of carboxylic acids is 1. The molecule has 11 nitrogen and oxygen atoms in total. The lowest BCUT2D eigenvalue weighted by molar-refractivity contribution is -0.142. The van der Waals surface area contributed by atoms with E-state index in [1.807, 2.05) is 82.7 Å². The minimum absolute atomic E-state index is 0.00217. The Hall–Kier alpha value is -4.19. The number of carbonyl (C=O) groups is 5. The molecular weight excluding hydrogens is 843 g/mol. The van der Waals surface area contributed by atoms with E-state index in [4.69, 9.17) is 14.6 Å². The third kappa shape index (κ3) is 18.3. The molecular formula is C56H87N3O8. The molecule has 374 valence electrons. The lowest BCUT2D eigenvalue weighted by Crippen LogP contribution is -2.55. The number of carboxylic acid groups (broad SMARTS) is 1. The van der Waals surface area contributed by atoms with E-state index < -0.39 is 24.2 Å². The van der Waals surface area contributed by atoms with Crippen LogP contribution in [0.5, 0.6) is 0 Å². The zero-order valence-electron chi connectivity index (χ0n) is 43.0. The van der Waals surface area contributed by atoms with Crippen molar-refractivity contribution in [2.75, 3.05) is 34.4 Å². The number of carbonyl (C=O) groups excluding carboxylic acids is 4. The van der Waals surface area contributed by atoms with E-state index in [0.717, 1.165) is 44.1 Å². The van der Waals surface area contributed by atoms with Crippen LogP contribution >= 0.6 is 0 Å². The Kier molecular flexibility index (Phi) is 25.3. The summed E-state index contributed by atoms with van der Waals surface area (Å²) in [5.41, 5.74) is 2.43. The molecule has 1 fully saturated rings. The van der Waals surface area contributed by atoms with Gasteiger partial charge in [0, 0.05) is 45.4 Å². The van der Waals surface area contributed by atoms with Crippen molar-refractivity contribution in [3.63, 3.8) is 0 Å². The molecule has 3 rings (SSSR count). The minimum Gasteiger partial charge on any atom is -0.481 e. The van der Waals surface area contributed by atoms with Gasteiger partial charge in [0.15, 0.2) is 5.78 Å². The van der Waals surface area contributed by atoms with Gasteiger partial charge in [-0.05, 0) is 106 Å². The molecule has 0 saturated carbocycles. The molecule has 10 atom stereocenters. The highest BCUT2D eigenvalue weighted by molar-refractivity contribution is 5.92. The Labute approximate surface area is 404 Å². The molecule has 0 bridgehead atoms. The molecule has 0 radical (unpaired) electrons. The van der Waals surface area contributed by atoms with E-state index >= 15 is 0 Å². The summed E-state index contributed by atoms with van der Waals surface area (Å²) in [4.78, 5) is 71.0. The third-order valence-corrected chi connectivity index (χ3v) is 14.5. The summed E-state index contributed by atoms with van der Waals surface area (Å²) < 4.78 is 12.2. The topological polar surface area (TPSA) is 143 Å². The van der Waals surface area contributed by atoms with Crippen molar-refractivity contribution in [1.29, 1.82) is 0 Å². The van der Waals surface area contributed by atoms with Crippen LogP contribution in [0.15, 0.2) is 66.7 Å². The van der Waals surface area contributed by atoms with Gasteiger partial charge < -0.3 is 24.8 Å². The van der Waals surface area contributed by atoms with E-state index in [2.05, 4.69) is 67.7 Å². The van der Waals surface area contributed by atoms with Gasteiger partial charge in [-0.25, -0.2) is 0 Å². The van der Waals surface area contributed by atoms with E-state index in [1.165, 1.54) is 5.56 Å². The number of amides is 2. The minimum atomic E-state index is -0.869. The van der Waals surface area contributed by atoms with Gasteiger partial charge in [0.1, 0.15) is 5.78 Å². The second-order valence-electron chi connectivity index (χ2n) is 20.2. The maximum Gasteiger partial charge on any atom is 0.303 e. The number of Topliss-reactive ketones (excluding diaryl/α,β-unsaturated/α-hetero) is 2. The Bertz CT molecular complexity index is 1820. The first-order chi connectivity index (χ1) is 31.9. The van der Waals surface area contributed by atoms with E-state index in [9.17, 15) is 24.0 Å². The van der Waals surface area contributed by atoms with Crippen LogP contribution in [-0.4, -0.2) is 109 Å². The fourth-order valence-corrected chi connectivity index (χ4v) is 10.2. The SMILES string of the molecule is CCC(C)C(CCC(C)C(=O)C(NC(=O)C(C(C)C)N(C)CCCC(=O)O)C(C)C)C(CC(=O)N1CCCC1C(OC)C(C)C(=O)CCCC(C=Cc1ccccc1)Cc1ccccc1)OC. The predicted octanol–water partition coefficient (Wildman–Crippen LogP) is 9.95. The highest BCUT2D eigenvalue weighted by Crippen LogP contribution is 2.33. The highest BCUT2D eigenvalue weighted by atomic mass is 16.5. The van der Waals surface area contributed by atoms with Crippen molar-refractivity contribution >= 4 is 35.4 Å².